The highest BCUT2D eigenvalue weighted by Crippen LogP contribution is 2.22. The maximum absolute atomic E-state index is 13.6. The van der Waals surface area contributed by atoms with Crippen LogP contribution in [0.4, 0.5) is 4.79 Å². The molecule has 1 aromatic heterocycles. The van der Waals surface area contributed by atoms with Crippen LogP contribution >= 0.6 is 0 Å². The van der Waals surface area contributed by atoms with Crippen LogP contribution < -0.4 is 10.6 Å². The number of alkyl carbamates (subject to hydrolysis) is 1. The molecular weight excluding hydrogens is 562 g/mol. The van der Waals surface area contributed by atoms with Crippen molar-refractivity contribution >= 4 is 23.7 Å². The van der Waals surface area contributed by atoms with Crippen molar-refractivity contribution in [2.24, 2.45) is 11.8 Å². The predicted octanol–water partition coefficient (Wildman–Crippen LogP) is 4.23. The highest BCUT2D eigenvalue weighted by Gasteiger charge is 2.40. The minimum atomic E-state index is -0.920. The Morgan fingerprint density at radius 1 is 0.955 bits per heavy atom. The minimum absolute atomic E-state index is 0.0683. The van der Waals surface area contributed by atoms with Gasteiger partial charge >= 0.3 is 6.09 Å². The molecule has 1 aliphatic heterocycles. The van der Waals surface area contributed by atoms with Crippen molar-refractivity contribution in [1.29, 1.82) is 0 Å². The van der Waals surface area contributed by atoms with Gasteiger partial charge in [0.1, 0.15) is 18.7 Å². The van der Waals surface area contributed by atoms with Crippen LogP contribution in [-0.2, 0) is 27.4 Å². The van der Waals surface area contributed by atoms with Crippen molar-refractivity contribution in [3.8, 4) is 0 Å². The van der Waals surface area contributed by atoms with Gasteiger partial charge in [0, 0.05) is 6.54 Å². The van der Waals surface area contributed by atoms with Crippen molar-refractivity contribution in [3.05, 3.63) is 83.0 Å². The highest BCUT2D eigenvalue weighted by molar-refractivity contribution is 6.00. The molecule has 1 unspecified atom stereocenters. The lowest BCUT2D eigenvalue weighted by Gasteiger charge is -2.31. The molecule has 2 N–H and O–H groups in total. The van der Waals surface area contributed by atoms with Gasteiger partial charge in [-0.25, -0.2) is 4.79 Å². The summed E-state index contributed by atoms with van der Waals surface area (Å²) in [4.78, 5) is 58.9. The summed E-state index contributed by atoms with van der Waals surface area (Å²) in [5.41, 5.74) is 2.90. The van der Waals surface area contributed by atoms with Gasteiger partial charge in [-0.05, 0) is 42.7 Å². The van der Waals surface area contributed by atoms with E-state index in [1.807, 2.05) is 89.2 Å². The molecule has 234 valence electrons. The van der Waals surface area contributed by atoms with E-state index in [2.05, 4.69) is 20.8 Å². The summed E-state index contributed by atoms with van der Waals surface area (Å²) >= 11 is 0. The third kappa shape index (κ3) is 8.30. The van der Waals surface area contributed by atoms with E-state index in [0.29, 0.717) is 31.7 Å². The summed E-state index contributed by atoms with van der Waals surface area (Å²) in [7, 11) is 0. The first kappa shape index (κ1) is 32.4. The highest BCUT2D eigenvalue weighted by atomic mass is 16.5. The molecule has 11 heteroatoms. The quantitative estimate of drug-likeness (QED) is 0.293. The third-order valence-corrected chi connectivity index (χ3v) is 7.63. The van der Waals surface area contributed by atoms with E-state index in [0.717, 1.165) is 16.7 Å². The molecule has 3 amide bonds. The van der Waals surface area contributed by atoms with E-state index in [4.69, 9.17) is 9.26 Å². The average molecular weight is 604 g/mol. The zero-order valence-electron chi connectivity index (χ0n) is 25.9. The number of nitrogens with one attached hydrogen (secondary N) is 2. The van der Waals surface area contributed by atoms with Crippen LogP contribution in [-0.4, -0.2) is 63.4 Å². The number of ether oxygens (including phenoxy) is 1. The second kappa shape index (κ2) is 14.8. The SMILES string of the molecule is Cc1cccc(Cc2nc(C(=O)[C@@H](NC(=O)C3CCCN3C(=O)[C@@H](NC(=O)OCc3ccccc3)C(C)C)C(C)C)no2)c1. The van der Waals surface area contributed by atoms with Gasteiger partial charge in [-0.1, -0.05) is 93.0 Å². The second-order valence-electron chi connectivity index (χ2n) is 11.9. The molecule has 4 rings (SSSR count). The summed E-state index contributed by atoms with van der Waals surface area (Å²) in [5, 5.41) is 9.41. The molecule has 3 aromatic rings. The fourth-order valence-corrected chi connectivity index (χ4v) is 5.23. The van der Waals surface area contributed by atoms with Crippen molar-refractivity contribution in [2.75, 3.05) is 6.54 Å². The van der Waals surface area contributed by atoms with Crippen molar-refractivity contribution < 1.29 is 28.4 Å². The second-order valence-corrected chi connectivity index (χ2v) is 11.9. The monoisotopic (exact) mass is 603 g/mol. The zero-order chi connectivity index (χ0) is 31.8. The summed E-state index contributed by atoms with van der Waals surface area (Å²) < 4.78 is 10.7. The van der Waals surface area contributed by atoms with Crippen LogP contribution in [0.5, 0.6) is 0 Å². The third-order valence-electron chi connectivity index (χ3n) is 7.63. The van der Waals surface area contributed by atoms with Crippen LogP contribution in [0.2, 0.25) is 0 Å². The summed E-state index contributed by atoms with van der Waals surface area (Å²) in [6.45, 7) is 9.67. The average Bonchev–Trinajstić information content (AvgIpc) is 3.67. The Bertz CT molecular complexity index is 1450. The summed E-state index contributed by atoms with van der Waals surface area (Å²) in [6, 6.07) is 14.5. The van der Waals surface area contributed by atoms with Crippen molar-refractivity contribution in [3.63, 3.8) is 0 Å². The first-order chi connectivity index (χ1) is 21.0. The van der Waals surface area contributed by atoms with Gasteiger partial charge in [0.25, 0.3) is 0 Å². The maximum atomic E-state index is 13.6. The number of aryl methyl sites for hydroxylation is 1. The lowest BCUT2D eigenvalue weighted by molar-refractivity contribution is -0.141. The van der Waals surface area contributed by atoms with Gasteiger partial charge < -0.3 is 24.8 Å². The molecule has 0 saturated carbocycles. The van der Waals surface area contributed by atoms with E-state index in [-0.39, 0.29) is 30.2 Å². The largest absolute Gasteiger partial charge is 0.445 e. The number of rotatable bonds is 12. The molecule has 1 aliphatic rings. The number of ketones is 1. The Hall–Kier alpha value is -4.54. The number of hydrogen-bond acceptors (Lipinski definition) is 8. The number of hydrogen-bond donors (Lipinski definition) is 2. The van der Waals surface area contributed by atoms with E-state index in [9.17, 15) is 19.2 Å². The molecule has 0 spiro atoms. The van der Waals surface area contributed by atoms with Crippen LogP contribution in [0, 0.1) is 18.8 Å². The number of nitrogens with zero attached hydrogens (tertiary/aromatic N) is 3. The Morgan fingerprint density at radius 2 is 1.66 bits per heavy atom. The molecule has 3 atom stereocenters. The predicted molar refractivity (Wildman–Crippen MR) is 163 cm³/mol. The number of benzene rings is 2. The summed E-state index contributed by atoms with van der Waals surface area (Å²) in [6.07, 6.45) is 0.710. The Labute approximate surface area is 257 Å². The maximum Gasteiger partial charge on any atom is 0.408 e. The van der Waals surface area contributed by atoms with E-state index >= 15 is 0 Å². The molecule has 2 aromatic carbocycles. The first-order valence-corrected chi connectivity index (χ1v) is 15.0. The van der Waals surface area contributed by atoms with Crippen molar-refractivity contribution in [2.45, 2.75) is 78.6 Å². The Morgan fingerprint density at radius 3 is 2.34 bits per heavy atom. The van der Waals surface area contributed by atoms with Gasteiger partial charge in [0.15, 0.2) is 0 Å². The lowest BCUT2D eigenvalue weighted by Crippen LogP contribution is -2.57. The molecule has 2 heterocycles. The molecular formula is C33H41N5O6. The molecule has 0 bridgehead atoms. The van der Waals surface area contributed by atoms with Crippen LogP contribution in [0.3, 0.4) is 0 Å². The normalized spacial score (nSPS) is 16.1. The molecule has 11 nitrogen and oxygen atoms in total. The van der Waals surface area contributed by atoms with Gasteiger partial charge in [0.2, 0.25) is 29.3 Å². The number of amides is 3. The molecule has 1 fully saturated rings. The number of likely N-dealkylation sites (tertiary alicyclic amines) is 1. The number of carbonyl (C=O) groups is 4. The van der Waals surface area contributed by atoms with Gasteiger partial charge in [-0.15, -0.1) is 0 Å². The van der Waals surface area contributed by atoms with E-state index in [1.165, 1.54) is 4.90 Å². The Balaban J connectivity index is 1.39. The van der Waals surface area contributed by atoms with Gasteiger partial charge in [-0.3, -0.25) is 14.4 Å². The van der Waals surface area contributed by atoms with Crippen molar-refractivity contribution in [1.82, 2.24) is 25.7 Å². The molecule has 0 aliphatic carbocycles. The fraction of sp³-hybridized carbons (Fsp3) is 0.455. The zero-order valence-corrected chi connectivity index (χ0v) is 25.9. The van der Waals surface area contributed by atoms with Gasteiger partial charge in [0.05, 0.1) is 12.5 Å². The number of aromatic nitrogens is 2. The van der Waals surface area contributed by atoms with E-state index < -0.39 is 35.9 Å². The Kier molecular flexibility index (Phi) is 10.9. The van der Waals surface area contributed by atoms with Crippen LogP contribution in [0.15, 0.2) is 59.1 Å². The van der Waals surface area contributed by atoms with Crippen LogP contribution in [0.25, 0.3) is 0 Å². The lowest BCUT2D eigenvalue weighted by atomic mass is 9.98. The van der Waals surface area contributed by atoms with Gasteiger partial charge in [-0.2, -0.15) is 4.98 Å². The molecule has 44 heavy (non-hydrogen) atoms. The minimum Gasteiger partial charge on any atom is -0.445 e. The molecule has 1 saturated heterocycles. The summed E-state index contributed by atoms with van der Waals surface area (Å²) in [5.74, 6) is -1.62. The van der Waals surface area contributed by atoms with E-state index in [1.54, 1.807) is 0 Å². The smallest absolute Gasteiger partial charge is 0.408 e. The standard InChI is InChI=1S/C33H41N5O6/c1-20(2)27(29(39)30-34-26(44-37-30)18-24-14-9-11-22(5)17-24)35-31(40)25-15-10-16-38(25)32(41)28(21(3)4)36-33(42)43-19-23-12-7-6-8-13-23/h6-9,11-14,17,20-21,25,27-28H,10,15-16,18-19H2,1-5H3,(H,35,40)(H,36,42)/t25?,27-,28-/m0/s1. The first-order valence-electron chi connectivity index (χ1n) is 15.0. The topological polar surface area (TPSA) is 144 Å². The fourth-order valence-electron chi connectivity index (χ4n) is 5.23. The number of Topliss-reactive ketones (excluding diaryl/α,β-unsaturated/α-hetero) is 1. The molecule has 0 radical (unpaired) electrons. The number of carbonyl (C=O) groups excluding carboxylic acids is 4. The van der Waals surface area contributed by atoms with Crippen LogP contribution in [0.1, 0.15) is 73.7 Å².